The molecular formula is C14H15Cl2N3S. The zero-order valence-corrected chi connectivity index (χ0v) is 13.6. The molecular weight excluding hydrogens is 313 g/mol. The minimum atomic E-state index is -0.610. The van der Waals surface area contributed by atoms with E-state index < -0.39 is 4.33 Å². The number of aryl methyl sites for hydroxylation is 1. The molecule has 20 heavy (non-hydrogen) atoms. The maximum absolute atomic E-state index is 6.27. The van der Waals surface area contributed by atoms with Crippen LogP contribution in [0.5, 0.6) is 0 Å². The maximum atomic E-state index is 6.27. The minimum Gasteiger partial charge on any atom is -0.309 e. The van der Waals surface area contributed by atoms with Crippen molar-refractivity contribution in [3.05, 3.63) is 41.7 Å². The van der Waals surface area contributed by atoms with Gasteiger partial charge in [-0.3, -0.25) is 0 Å². The third-order valence-electron chi connectivity index (χ3n) is 3.65. The van der Waals surface area contributed by atoms with E-state index in [1.807, 2.05) is 36.7 Å². The van der Waals surface area contributed by atoms with Crippen LogP contribution in [0.1, 0.15) is 23.1 Å². The van der Waals surface area contributed by atoms with Crippen LogP contribution in [0, 0.1) is 12.8 Å². The fourth-order valence-corrected chi connectivity index (χ4v) is 4.32. The quantitative estimate of drug-likeness (QED) is 0.624. The monoisotopic (exact) mass is 327 g/mol. The molecule has 0 spiro atoms. The molecule has 1 aliphatic carbocycles. The molecule has 1 fully saturated rings. The van der Waals surface area contributed by atoms with E-state index in [-0.39, 0.29) is 11.2 Å². The number of benzene rings is 1. The summed E-state index contributed by atoms with van der Waals surface area (Å²) in [7, 11) is 1.97. The maximum Gasteiger partial charge on any atom is 0.191 e. The van der Waals surface area contributed by atoms with Crippen LogP contribution < -0.4 is 0 Å². The number of rotatable bonds is 4. The molecule has 1 aromatic heterocycles. The van der Waals surface area contributed by atoms with Gasteiger partial charge in [0, 0.05) is 18.2 Å². The lowest BCUT2D eigenvalue weighted by atomic mass is 10.1. The van der Waals surface area contributed by atoms with Crippen molar-refractivity contribution in [3.8, 4) is 0 Å². The molecule has 0 radical (unpaired) electrons. The Morgan fingerprint density at radius 3 is 2.45 bits per heavy atom. The summed E-state index contributed by atoms with van der Waals surface area (Å²) in [6, 6.07) is 10.3. The first-order valence-electron chi connectivity index (χ1n) is 6.44. The first kappa shape index (κ1) is 14.2. The van der Waals surface area contributed by atoms with E-state index in [9.17, 15) is 0 Å². The third kappa shape index (κ3) is 2.69. The average molecular weight is 328 g/mol. The zero-order chi connectivity index (χ0) is 14.3. The number of thioether (sulfide) groups is 1. The molecule has 1 aliphatic rings. The van der Waals surface area contributed by atoms with Crippen LogP contribution in [0.15, 0.2) is 35.5 Å². The molecule has 3 nitrogen and oxygen atoms in total. The number of halogens is 2. The predicted octanol–water partition coefficient (Wildman–Crippen LogP) is 4.15. The Balaban J connectivity index is 1.89. The first-order chi connectivity index (χ1) is 9.49. The van der Waals surface area contributed by atoms with Gasteiger partial charge in [-0.15, -0.1) is 33.4 Å². The molecule has 2 unspecified atom stereocenters. The Morgan fingerprint density at radius 2 is 1.95 bits per heavy atom. The molecule has 0 bridgehead atoms. The van der Waals surface area contributed by atoms with Crippen LogP contribution in [0.25, 0.3) is 0 Å². The van der Waals surface area contributed by atoms with Crippen LogP contribution in [0.4, 0.5) is 0 Å². The Labute approximate surface area is 132 Å². The van der Waals surface area contributed by atoms with Gasteiger partial charge in [0.15, 0.2) is 5.16 Å². The summed E-state index contributed by atoms with van der Waals surface area (Å²) < 4.78 is 1.38. The van der Waals surface area contributed by atoms with E-state index in [1.165, 1.54) is 5.56 Å². The summed E-state index contributed by atoms with van der Waals surface area (Å²) in [5.74, 6) is 1.15. The van der Waals surface area contributed by atoms with Gasteiger partial charge in [-0.2, -0.15) is 0 Å². The molecule has 0 saturated heterocycles. The van der Waals surface area contributed by atoms with Crippen LogP contribution >= 0.6 is 35.0 Å². The second-order valence-corrected chi connectivity index (χ2v) is 7.76. The van der Waals surface area contributed by atoms with Gasteiger partial charge in [0.25, 0.3) is 0 Å². The zero-order valence-electron chi connectivity index (χ0n) is 11.3. The van der Waals surface area contributed by atoms with Gasteiger partial charge in [0.2, 0.25) is 0 Å². The standard InChI is InChI=1S/C14H15Cl2N3S/c1-9-17-18-13(19(9)2)20-12(11-8-14(11,15)16)10-6-4-3-5-7-10/h3-7,11-12H,8H2,1-2H3. The highest BCUT2D eigenvalue weighted by atomic mass is 35.5. The van der Waals surface area contributed by atoms with Crippen molar-refractivity contribution in [2.45, 2.75) is 28.1 Å². The van der Waals surface area contributed by atoms with E-state index in [2.05, 4.69) is 22.3 Å². The SMILES string of the molecule is Cc1nnc(SC(c2ccccc2)C2CC2(Cl)Cl)n1C. The van der Waals surface area contributed by atoms with Crippen molar-refractivity contribution in [1.29, 1.82) is 0 Å². The second kappa shape index (κ2) is 5.24. The van der Waals surface area contributed by atoms with E-state index in [4.69, 9.17) is 23.2 Å². The van der Waals surface area contributed by atoms with E-state index in [0.717, 1.165) is 17.4 Å². The van der Waals surface area contributed by atoms with Gasteiger partial charge in [-0.1, -0.05) is 42.1 Å². The van der Waals surface area contributed by atoms with Gasteiger partial charge in [0.05, 0.1) is 0 Å². The molecule has 2 aromatic rings. The third-order valence-corrected chi connectivity index (χ3v) is 5.94. The number of hydrogen-bond acceptors (Lipinski definition) is 3. The first-order valence-corrected chi connectivity index (χ1v) is 8.08. The molecule has 1 heterocycles. The predicted molar refractivity (Wildman–Crippen MR) is 83.3 cm³/mol. The Hall–Kier alpha value is -0.710. The Bertz CT molecular complexity index is 612. The molecule has 1 saturated carbocycles. The topological polar surface area (TPSA) is 30.7 Å². The number of nitrogens with zero attached hydrogens (tertiary/aromatic N) is 3. The second-order valence-electron chi connectivity index (χ2n) is 5.11. The molecule has 106 valence electrons. The molecule has 2 atom stereocenters. The highest BCUT2D eigenvalue weighted by Gasteiger charge is 2.56. The molecule has 1 aromatic carbocycles. The van der Waals surface area contributed by atoms with Crippen molar-refractivity contribution >= 4 is 35.0 Å². The highest BCUT2D eigenvalue weighted by molar-refractivity contribution is 7.99. The lowest BCUT2D eigenvalue weighted by Gasteiger charge is -2.17. The van der Waals surface area contributed by atoms with Crippen molar-refractivity contribution in [1.82, 2.24) is 14.8 Å². The normalized spacial score (nSPS) is 21.7. The number of aromatic nitrogens is 3. The molecule has 0 aliphatic heterocycles. The summed E-state index contributed by atoms with van der Waals surface area (Å²) in [5.41, 5.74) is 1.23. The summed E-state index contributed by atoms with van der Waals surface area (Å²) in [6.45, 7) is 1.94. The summed E-state index contributed by atoms with van der Waals surface area (Å²) in [5, 5.41) is 9.43. The van der Waals surface area contributed by atoms with Gasteiger partial charge in [0.1, 0.15) is 10.2 Å². The Kier molecular flexibility index (Phi) is 3.73. The van der Waals surface area contributed by atoms with Crippen LogP contribution in [-0.4, -0.2) is 19.1 Å². The fraction of sp³-hybridized carbons (Fsp3) is 0.429. The van der Waals surface area contributed by atoms with Crippen molar-refractivity contribution in [2.24, 2.45) is 13.0 Å². The smallest absolute Gasteiger partial charge is 0.191 e. The van der Waals surface area contributed by atoms with Gasteiger partial charge >= 0.3 is 0 Å². The fourth-order valence-electron chi connectivity index (χ4n) is 2.19. The number of hydrogen-bond donors (Lipinski definition) is 0. The molecule has 0 N–H and O–H groups in total. The molecule has 3 rings (SSSR count). The average Bonchev–Trinajstić information content (AvgIpc) is 2.95. The van der Waals surface area contributed by atoms with Crippen LogP contribution in [-0.2, 0) is 7.05 Å². The van der Waals surface area contributed by atoms with Gasteiger partial charge in [-0.05, 0) is 18.9 Å². The van der Waals surface area contributed by atoms with Crippen molar-refractivity contribution in [3.63, 3.8) is 0 Å². The van der Waals surface area contributed by atoms with Gasteiger partial charge < -0.3 is 4.57 Å². The van der Waals surface area contributed by atoms with E-state index >= 15 is 0 Å². The lowest BCUT2D eigenvalue weighted by Crippen LogP contribution is -2.04. The summed E-state index contributed by atoms with van der Waals surface area (Å²) in [4.78, 5) is 0. The van der Waals surface area contributed by atoms with Crippen LogP contribution in [0.2, 0.25) is 0 Å². The van der Waals surface area contributed by atoms with Crippen molar-refractivity contribution < 1.29 is 0 Å². The summed E-state index contributed by atoms with van der Waals surface area (Å²) >= 11 is 14.2. The largest absolute Gasteiger partial charge is 0.309 e. The Morgan fingerprint density at radius 1 is 1.30 bits per heavy atom. The molecule has 6 heteroatoms. The summed E-state index contributed by atoms with van der Waals surface area (Å²) in [6.07, 6.45) is 0.819. The lowest BCUT2D eigenvalue weighted by molar-refractivity contribution is 0.744. The van der Waals surface area contributed by atoms with E-state index in [1.54, 1.807) is 11.8 Å². The minimum absolute atomic E-state index is 0.202. The van der Waals surface area contributed by atoms with Crippen LogP contribution in [0.3, 0.4) is 0 Å². The highest BCUT2D eigenvalue weighted by Crippen LogP contribution is 2.63. The van der Waals surface area contributed by atoms with E-state index in [0.29, 0.717) is 0 Å². The van der Waals surface area contributed by atoms with Gasteiger partial charge in [-0.25, -0.2) is 0 Å². The van der Waals surface area contributed by atoms with Crippen molar-refractivity contribution in [2.75, 3.05) is 0 Å². The number of alkyl halides is 2. The molecule has 0 amide bonds.